The van der Waals surface area contributed by atoms with E-state index < -0.39 is 0 Å². The van der Waals surface area contributed by atoms with Crippen LogP contribution in [0.15, 0.2) is 41.1 Å². The van der Waals surface area contributed by atoms with Crippen LogP contribution >= 0.6 is 11.8 Å². The molecule has 0 atom stereocenters. The Balaban J connectivity index is 2.69. The second-order valence-electron chi connectivity index (χ2n) is 6.28. The summed E-state index contributed by atoms with van der Waals surface area (Å²) in [4.78, 5) is 8.50. The number of nitriles is 1. The largest absolute Gasteiger partial charge is 0.508 e. The maximum absolute atomic E-state index is 10.2. The average molecular weight is 397 g/mol. The first-order chi connectivity index (χ1) is 13.4. The molecular formula is C21H24N4O2S. The third kappa shape index (κ3) is 4.65. The molecule has 7 heteroatoms. The minimum Gasteiger partial charge on any atom is -0.508 e. The van der Waals surface area contributed by atoms with Gasteiger partial charge >= 0.3 is 0 Å². The maximum atomic E-state index is 10.2. The van der Waals surface area contributed by atoms with Crippen molar-refractivity contribution in [2.24, 2.45) is 4.99 Å². The fourth-order valence-electron chi connectivity index (χ4n) is 2.81. The van der Waals surface area contributed by atoms with E-state index in [0.717, 1.165) is 11.1 Å². The van der Waals surface area contributed by atoms with Gasteiger partial charge in [0.15, 0.2) is 0 Å². The predicted octanol–water partition coefficient (Wildman–Crippen LogP) is 4.33. The Morgan fingerprint density at radius 1 is 1.46 bits per heavy atom. The summed E-state index contributed by atoms with van der Waals surface area (Å²) in [5.74, 6) is 1.24. The molecule has 0 radical (unpaired) electrons. The van der Waals surface area contributed by atoms with Crippen LogP contribution in [-0.4, -0.2) is 35.7 Å². The van der Waals surface area contributed by atoms with Crippen LogP contribution in [0.3, 0.4) is 0 Å². The summed E-state index contributed by atoms with van der Waals surface area (Å²) in [7, 11) is 1.64. The summed E-state index contributed by atoms with van der Waals surface area (Å²) in [5, 5.41) is 20.6. The topological polar surface area (TPSA) is 105 Å². The lowest BCUT2D eigenvalue weighted by atomic mass is 9.92. The first-order valence-electron chi connectivity index (χ1n) is 8.78. The number of nitrogens with two attached hydrogens (primary N) is 1. The number of aliphatic imine (C=N–C) groups is 1. The first-order valence-corrected chi connectivity index (χ1v) is 9.77. The zero-order valence-corrected chi connectivity index (χ0v) is 17.1. The molecule has 0 aliphatic carbocycles. The standard InChI is InChI=1S/C21H24N4O2S/c1-5-27-8-9-28-21-16(11-22)19(17(12-24-4)20(23)25-21)14-6-7-18(26)15(10-14)13(2)3/h5-7,10,12-13,26H,1,8-9H2,2-4H3,(H2,23,25). The molecule has 1 heterocycles. The number of nitrogen functional groups attached to an aromatic ring is 1. The highest BCUT2D eigenvalue weighted by atomic mass is 32.2. The van der Waals surface area contributed by atoms with Crippen LogP contribution in [0.1, 0.15) is 36.5 Å². The maximum Gasteiger partial charge on any atom is 0.134 e. The third-order valence-corrected chi connectivity index (χ3v) is 5.04. The number of aromatic hydroxyl groups is 1. The Hall–Kier alpha value is -2.98. The molecule has 0 aliphatic rings. The van der Waals surface area contributed by atoms with Crippen LogP contribution in [-0.2, 0) is 4.74 Å². The number of nitrogens with zero attached hydrogens (tertiary/aromatic N) is 3. The van der Waals surface area contributed by atoms with Gasteiger partial charge in [0.2, 0.25) is 0 Å². The van der Waals surface area contributed by atoms with Gasteiger partial charge in [-0.15, -0.1) is 11.8 Å². The average Bonchev–Trinajstić information content (AvgIpc) is 2.67. The summed E-state index contributed by atoms with van der Waals surface area (Å²) < 4.78 is 5.14. The van der Waals surface area contributed by atoms with Crippen molar-refractivity contribution in [1.82, 2.24) is 4.98 Å². The predicted molar refractivity (Wildman–Crippen MR) is 115 cm³/mol. The van der Waals surface area contributed by atoms with Crippen LogP contribution in [0.2, 0.25) is 0 Å². The lowest BCUT2D eigenvalue weighted by molar-refractivity contribution is 0.274. The SMILES string of the molecule is C=COCCSc1nc(N)c(C=NC)c(-c2ccc(O)c(C(C)C)c2)c1C#N. The van der Waals surface area contributed by atoms with Gasteiger partial charge in [-0.05, 0) is 29.2 Å². The van der Waals surface area contributed by atoms with E-state index in [4.69, 9.17) is 10.5 Å². The summed E-state index contributed by atoms with van der Waals surface area (Å²) in [5.41, 5.74) is 9.46. The number of phenolic OH excluding ortho intramolecular Hbond substituents is 1. The highest BCUT2D eigenvalue weighted by molar-refractivity contribution is 7.99. The van der Waals surface area contributed by atoms with Gasteiger partial charge in [-0.2, -0.15) is 5.26 Å². The van der Waals surface area contributed by atoms with Crippen molar-refractivity contribution in [1.29, 1.82) is 5.26 Å². The van der Waals surface area contributed by atoms with E-state index in [1.165, 1.54) is 18.0 Å². The van der Waals surface area contributed by atoms with Gasteiger partial charge in [-0.1, -0.05) is 26.5 Å². The number of ether oxygens (including phenoxy) is 1. The van der Waals surface area contributed by atoms with E-state index in [0.29, 0.717) is 39.9 Å². The highest BCUT2D eigenvalue weighted by Gasteiger charge is 2.20. The minimum absolute atomic E-state index is 0.123. The fourth-order valence-corrected chi connectivity index (χ4v) is 3.63. The molecule has 2 rings (SSSR count). The quantitative estimate of drug-likeness (QED) is 0.298. The van der Waals surface area contributed by atoms with Gasteiger partial charge < -0.3 is 15.6 Å². The van der Waals surface area contributed by atoms with E-state index in [2.05, 4.69) is 22.6 Å². The molecule has 2 aromatic rings. The zero-order chi connectivity index (χ0) is 20.7. The molecule has 0 amide bonds. The molecule has 28 heavy (non-hydrogen) atoms. The van der Waals surface area contributed by atoms with E-state index >= 15 is 0 Å². The molecule has 0 unspecified atom stereocenters. The number of benzene rings is 1. The summed E-state index contributed by atoms with van der Waals surface area (Å²) in [6.07, 6.45) is 2.99. The highest BCUT2D eigenvalue weighted by Crippen LogP contribution is 2.38. The number of aromatic nitrogens is 1. The van der Waals surface area contributed by atoms with Crippen molar-refractivity contribution >= 4 is 23.8 Å². The molecule has 0 spiro atoms. The Morgan fingerprint density at radius 3 is 2.82 bits per heavy atom. The van der Waals surface area contributed by atoms with Crippen LogP contribution in [0.4, 0.5) is 5.82 Å². The number of rotatable bonds is 8. The smallest absolute Gasteiger partial charge is 0.134 e. The Bertz CT molecular complexity index is 933. The van der Waals surface area contributed by atoms with Gasteiger partial charge in [-0.25, -0.2) is 4.98 Å². The Morgan fingerprint density at radius 2 is 2.21 bits per heavy atom. The van der Waals surface area contributed by atoms with E-state index in [-0.39, 0.29) is 11.7 Å². The number of hydrogen-bond acceptors (Lipinski definition) is 7. The molecule has 6 nitrogen and oxygen atoms in total. The third-order valence-electron chi connectivity index (χ3n) is 4.10. The van der Waals surface area contributed by atoms with E-state index in [1.807, 2.05) is 19.9 Å². The number of pyridine rings is 1. The molecule has 146 valence electrons. The Labute approximate surface area is 169 Å². The summed E-state index contributed by atoms with van der Waals surface area (Å²) in [6, 6.07) is 7.57. The molecule has 1 aromatic carbocycles. The Kier molecular flexibility index (Phi) is 7.47. The number of anilines is 1. The molecular weight excluding hydrogens is 372 g/mol. The molecule has 0 bridgehead atoms. The van der Waals surface area contributed by atoms with Crippen LogP contribution in [0, 0.1) is 11.3 Å². The molecule has 0 aliphatic heterocycles. The lowest BCUT2D eigenvalue weighted by Crippen LogP contribution is -2.06. The van der Waals surface area contributed by atoms with Crippen LogP contribution < -0.4 is 5.73 Å². The zero-order valence-electron chi connectivity index (χ0n) is 16.3. The normalized spacial score (nSPS) is 11.0. The van der Waals surface area contributed by atoms with Crippen LogP contribution in [0.5, 0.6) is 5.75 Å². The molecule has 0 saturated heterocycles. The molecule has 0 saturated carbocycles. The van der Waals surface area contributed by atoms with E-state index in [1.54, 1.807) is 25.4 Å². The van der Waals surface area contributed by atoms with Crippen molar-refractivity contribution in [3.05, 3.63) is 47.7 Å². The van der Waals surface area contributed by atoms with Gasteiger partial charge in [0.1, 0.15) is 22.7 Å². The summed E-state index contributed by atoms with van der Waals surface area (Å²) >= 11 is 1.39. The number of hydrogen-bond donors (Lipinski definition) is 2. The lowest BCUT2D eigenvalue weighted by Gasteiger charge is -2.16. The number of thioether (sulfide) groups is 1. The van der Waals surface area contributed by atoms with Crippen molar-refractivity contribution in [2.45, 2.75) is 24.8 Å². The number of phenols is 1. The summed E-state index contributed by atoms with van der Waals surface area (Å²) in [6.45, 7) is 7.96. The van der Waals surface area contributed by atoms with Gasteiger partial charge in [0.05, 0.1) is 18.4 Å². The van der Waals surface area contributed by atoms with Crippen molar-refractivity contribution < 1.29 is 9.84 Å². The van der Waals surface area contributed by atoms with Crippen molar-refractivity contribution in [3.63, 3.8) is 0 Å². The molecule has 0 fully saturated rings. The van der Waals surface area contributed by atoms with Crippen molar-refractivity contribution in [2.75, 3.05) is 25.1 Å². The van der Waals surface area contributed by atoms with Crippen LogP contribution in [0.25, 0.3) is 11.1 Å². The minimum atomic E-state index is 0.123. The second kappa shape index (κ2) is 9.81. The van der Waals surface area contributed by atoms with Gasteiger partial charge in [-0.3, -0.25) is 4.99 Å². The van der Waals surface area contributed by atoms with Crippen molar-refractivity contribution in [3.8, 4) is 22.9 Å². The first kappa shape index (κ1) is 21.3. The molecule has 3 N–H and O–H groups in total. The van der Waals surface area contributed by atoms with E-state index in [9.17, 15) is 10.4 Å². The fraction of sp³-hybridized carbons (Fsp3) is 0.286. The van der Waals surface area contributed by atoms with Gasteiger partial charge in [0.25, 0.3) is 0 Å². The van der Waals surface area contributed by atoms with Gasteiger partial charge in [0, 0.05) is 30.1 Å². The second-order valence-corrected chi connectivity index (χ2v) is 7.36. The monoisotopic (exact) mass is 396 g/mol. The molecule has 1 aromatic heterocycles.